The van der Waals surface area contributed by atoms with E-state index in [1.165, 1.54) is 12.1 Å². The lowest BCUT2D eigenvalue weighted by Crippen LogP contribution is -2.31. The molecule has 1 unspecified atom stereocenters. The second-order valence-electron chi connectivity index (χ2n) is 7.72. The van der Waals surface area contributed by atoms with E-state index in [0.717, 1.165) is 23.3 Å². The first kappa shape index (κ1) is 23.0. The van der Waals surface area contributed by atoms with E-state index in [4.69, 9.17) is 0 Å². The Balaban J connectivity index is 1.43. The molecular weight excluding hydrogens is 439 g/mol. The van der Waals surface area contributed by atoms with E-state index in [0.29, 0.717) is 11.1 Å². The van der Waals surface area contributed by atoms with Gasteiger partial charge in [-0.05, 0) is 41.0 Å². The Morgan fingerprint density at radius 1 is 0.912 bits per heavy atom. The van der Waals surface area contributed by atoms with Crippen molar-refractivity contribution < 1.29 is 18.0 Å². The molecule has 0 fully saturated rings. The lowest BCUT2D eigenvalue weighted by Gasteiger charge is -2.20. The average molecular weight is 461 g/mol. The van der Waals surface area contributed by atoms with Crippen LogP contribution in [-0.2, 0) is 6.18 Å². The third kappa shape index (κ3) is 5.81. The highest BCUT2D eigenvalue weighted by Gasteiger charge is 2.30. The van der Waals surface area contributed by atoms with Gasteiger partial charge >= 0.3 is 6.18 Å². The molecule has 0 radical (unpaired) electrons. The van der Waals surface area contributed by atoms with Crippen LogP contribution in [0.1, 0.15) is 38.7 Å². The summed E-state index contributed by atoms with van der Waals surface area (Å²) in [5, 5.41) is 2.88. The first-order valence-corrected chi connectivity index (χ1v) is 10.7. The summed E-state index contributed by atoms with van der Waals surface area (Å²) in [4.78, 5) is 16.7. The van der Waals surface area contributed by atoms with Crippen molar-refractivity contribution in [3.63, 3.8) is 0 Å². The van der Waals surface area contributed by atoms with Gasteiger partial charge in [-0.3, -0.25) is 4.79 Å². The minimum absolute atomic E-state index is 0.191. The predicted octanol–water partition coefficient (Wildman–Crippen LogP) is 6.09. The molecule has 0 aliphatic heterocycles. The summed E-state index contributed by atoms with van der Waals surface area (Å²) in [5.41, 5.74) is 2.45. The van der Waals surface area contributed by atoms with E-state index < -0.39 is 17.8 Å². The average Bonchev–Trinajstić information content (AvgIpc) is 3.38. The molecule has 0 saturated heterocycles. The number of rotatable bonds is 7. The maximum absolute atomic E-state index is 12.9. The number of aromatic nitrogens is 2. The zero-order valence-electron chi connectivity index (χ0n) is 18.1. The van der Waals surface area contributed by atoms with Crippen LogP contribution in [0.5, 0.6) is 0 Å². The molecule has 1 N–H and O–H groups in total. The molecule has 34 heavy (non-hydrogen) atoms. The molecule has 4 rings (SSSR count). The van der Waals surface area contributed by atoms with Crippen LogP contribution in [0.4, 0.5) is 13.2 Å². The minimum atomic E-state index is -4.40. The van der Waals surface area contributed by atoms with Crippen molar-refractivity contribution in [3.05, 3.63) is 125 Å². The zero-order chi connectivity index (χ0) is 24.0. The van der Waals surface area contributed by atoms with Crippen LogP contribution in [0.3, 0.4) is 0 Å². The second kappa shape index (κ2) is 10.2. The van der Waals surface area contributed by atoms with Gasteiger partial charge in [0.05, 0.1) is 17.9 Å². The Kier molecular flexibility index (Phi) is 6.92. The standard InChI is InChI=1S/C27H22F3N3O/c28-27(29,30)24-14-12-22(13-15-24)25(33-17-16-31-19-33)18-32-26(34)23-10-8-21(9-11-23)7-6-20-4-2-1-3-5-20/h1-17,19,25H,18H2,(H,32,34)/b7-6+. The molecule has 1 atom stereocenters. The van der Waals surface area contributed by atoms with Crippen LogP contribution in [-0.4, -0.2) is 22.0 Å². The second-order valence-corrected chi connectivity index (χ2v) is 7.72. The van der Waals surface area contributed by atoms with E-state index in [-0.39, 0.29) is 12.5 Å². The van der Waals surface area contributed by atoms with Gasteiger partial charge in [0.2, 0.25) is 0 Å². The molecule has 3 aromatic carbocycles. The SMILES string of the molecule is O=C(NCC(c1ccc(C(F)(F)F)cc1)n1ccnc1)c1ccc(/C=C/c2ccccc2)cc1. The van der Waals surface area contributed by atoms with E-state index in [1.54, 1.807) is 35.4 Å². The van der Waals surface area contributed by atoms with E-state index in [2.05, 4.69) is 10.3 Å². The van der Waals surface area contributed by atoms with Gasteiger partial charge in [0.15, 0.2) is 0 Å². The number of nitrogens with one attached hydrogen (secondary N) is 1. The normalized spacial score (nSPS) is 12.6. The summed E-state index contributed by atoms with van der Waals surface area (Å²) in [7, 11) is 0. The topological polar surface area (TPSA) is 46.9 Å². The van der Waals surface area contributed by atoms with Crippen LogP contribution in [0.2, 0.25) is 0 Å². The highest BCUT2D eigenvalue weighted by Crippen LogP contribution is 2.30. The minimum Gasteiger partial charge on any atom is -0.350 e. The number of benzene rings is 3. The first-order chi connectivity index (χ1) is 16.4. The number of imidazole rings is 1. The van der Waals surface area contributed by atoms with Gasteiger partial charge in [-0.25, -0.2) is 4.98 Å². The quantitative estimate of drug-likeness (QED) is 0.339. The number of carbonyl (C=O) groups is 1. The summed E-state index contributed by atoms with van der Waals surface area (Å²) in [6, 6.07) is 21.6. The van der Waals surface area contributed by atoms with Crippen molar-refractivity contribution in [1.29, 1.82) is 0 Å². The molecule has 0 bridgehead atoms. The number of alkyl halides is 3. The first-order valence-electron chi connectivity index (χ1n) is 10.7. The number of nitrogens with zero attached hydrogens (tertiary/aromatic N) is 2. The zero-order valence-corrected chi connectivity index (χ0v) is 18.1. The van der Waals surface area contributed by atoms with Gasteiger partial charge in [-0.2, -0.15) is 13.2 Å². The molecule has 7 heteroatoms. The van der Waals surface area contributed by atoms with Gasteiger partial charge in [0.25, 0.3) is 5.91 Å². The van der Waals surface area contributed by atoms with Crippen LogP contribution < -0.4 is 5.32 Å². The van der Waals surface area contributed by atoms with Gasteiger partial charge in [-0.1, -0.05) is 66.7 Å². The van der Waals surface area contributed by atoms with Crippen LogP contribution in [0.15, 0.2) is 97.6 Å². The Labute approximate surface area is 195 Å². The molecule has 1 amide bonds. The summed E-state index contributed by atoms with van der Waals surface area (Å²) < 4.78 is 40.5. The number of hydrogen-bond acceptors (Lipinski definition) is 2. The van der Waals surface area contributed by atoms with E-state index in [1.807, 2.05) is 54.6 Å². The number of halogens is 3. The number of carbonyl (C=O) groups excluding carboxylic acids is 1. The maximum atomic E-state index is 12.9. The van der Waals surface area contributed by atoms with E-state index in [9.17, 15) is 18.0 Å². The van der Waals surface area contributed by atoms with Gasteiger partial charge < -0.3 is 9.88 Å². The van der Waals surface area contributed by atoms with Crippen LogP contribution in [0, 0.1) is 0 Å². The predicted molar refractivity (Wildman–Crippen MR) is 126 cm³/mol. The Morgan fingerprint density at radius 2 is 1.56 bits per heavy atom. The lowest BCUT2D eigenvalue weighted by atomic mass is 10.0. The van der Waals surface area contributed by atoms with Crippen molar-refractivity contribution in [1.82, 2.24) is 14.9 Å². The Morgan fingerprint density at radius 3 is 2.15 bits per heavy atom. The maximum Gasteiger partial charge on any atom is 0.416 e. The van der Waals surface area contributed by atoms with Crippen molar-refractivity contribution in [2.45, 2.75) is 12.2 Å². The fraction of sp³-hybridized carbons (Fsp3) is 0.111. The fourth-order valence-corrected chi connectivity index (χ4v) is 3.54. The van der Waals surface area contributed by atoms with Crippen molar-refractivity contribution in [2.24, 2.45) is 0 Å². The highest BCUT2D eigenvalue weighted by molar-refractivity contribution is 5.94. The van der Waals surface area contributed by atoms with Crippen molar-refractivity contribution in [3.8, 4) is 0 Å². The molecule has 1 heterocycles. The van der Waals surface area contributed by atoms with Gasteiger partial charge in [0, 0.05) is 24.5 Å². The third-order valence-corrected chi connectivity index (χ3v) is 5.40. The van der Waals surface area contributed by atoms with E-state index >= 15 is 0 Å². The molecule has 0 aliphatic carbocycles. The Bertz CT molecular complexity index is 1230. The summed E-state index contributed by atoms with van der Waals surface area (Å²) in [5.74, 6) is -0.268. The van der Waals surface area contributed by atoms with Crippen LogP contribution >= 0.6 is 0 Å². The molecule has 0 spiro atoms. The largest absolute Gasteiger partial charge is 0.416 e. The van der Waals surface area contributed by atoms with Crippen molar-refractivity contribution >= 4 is 18.1 Å². The smallest absolute Gasteiger partial charge is 0.350 e. The van der Waals surface area contributed by atoms with Gasteiger partial charge in [-0.15, -0.1) is 0 Å². The molecule has 4 aromatic rings. The fourth-order valence-electron chi connectivity index (χ4n) is 3.54. The molecule has 4 nitrogen and oxygen atoms in total. The molecular formula is C27H22F3N3O. The van der Waals surface area contributed by atoms with Gasteiger partial charge in [0.1, 0.15) is 0 Å². The molecule has 1 aromatic heterocycles. The molecule has 0 saturated carbocycles. The Hall–Kier alpha value is -4.13. The molecule has 172 valence electrons. The highest BCUT2D eigenvalue weighted by atomic mass is 19.4. The summed E-state index contributed by atoms with van der Waals surface area (Å²) in [6.07, 6.45) is 4.43. The lowest BCUT2D eigenvalue weighted by molar-refractivity contribution is -0.137. The van der Waals surface area contributed by atoms with Crippen molar-refractivity contribution in [2.75, 3.05) is 6.54 Å². The van der Waals surface area contributed by atoms with Crippen LogP contribution in [0.25, 0.3) is 12.2 Å². The number of hydrogen-bond donors (Lipinski definition) is 1. The molecule has 0 aliphatic rings. The third-order valence-electron chi connectivity index (χ3n) is 5.40. The number of amides is 1. The monoisotopic (exact) mass is 461 g/mol. The summed E-state index contributed by atoms with van der Waals surface area (Å²) in [6.45, 7) is 0.191. The summed E-state index contributed by atoms with van der Waals surface area (Å²) >= 11 is 0.